The zero-order chi connectivity index (χ0) is 12.1. The lowest BCUT2D eigenvalue weighted by Crippen LogP contribution is -2.27. The van der Waals surface area contributed by atoms with E-state index < -0.39 is 0 Å². The molecule has 2 heterocycles. The van der Waals surface area contributed by atoms with E-state index in [-0.39, 0.29) is 5.91 Å². The van der Waals surface area contributed by atoms with Gasteiger partial charge in [-0.05, 0) is 12.1 Å². The molecule has 0 unspecified atom stereocenters. The van der Waals surface area contributed by atoms with E-state index >= 15 is 0 Å². The molecule has 2 aromatic rings. The maximum atomic E-state index is 11.2. The average Bonchev–Trinajstić information content (AvgIpc) is 2.73. The smallest absolute Gasteiger partial charge is 0.221 e. The summed E-state index contributed by atoms with van der Waals surface area (Å²) >= 11 is 0. The molecule has 0 saturated heterocycles. The van der Waals surface area contributed by atoms with Crippen LogP contribution < -0.4 is 11.1 Å². The first-order valence-corrected chi connectivity index (χ1v) is 5.56. The van der Waals surface area contributed by atoms with Crippen molar-refractivity contribution in [1.82, 2.24) is 19.9 Å². The monoisotopic (exact) mass is 233 g/mol. The Morgan fingerprint density at radius 1 is 1.41 bits per heavy atom. The van der Waals surface area contributed by atoms with Gasteiger partial charge in [-0.2, -0.15) is 0 Å². The van der Waals surface area contributed by atoms with Gasteiger partial charge in [0.15, 0.2) is 5.65 Å². The quantitative estimate of drug-likeness (QED) is 0.745. The third-order valence-corrected chi connectivity index (χ3v) is 2.43. The Hall–Kier alpha value is -1.95. The van der Waals surface area contributed by atoms with Crippen LogP contribution in [-0.4, -0.2) is 33.6 Å². The molecule has 0 saturated carbocycles. The van der Waals surface area contributed by atoms with Gasteiger partial charge < -0.3 is 11.1 Å². The number of nitrogens with two attached hydrogens (primary N) is 1. The molecule has 0 fully saturated rings. The predicted molar refractivity (Wildman–Crippen MR) is 63.4 cm³/mol. The van der Waals surface area contributed by atoms with Gasteiger partial charge in [-0.1, -0.05) is 6.07 Å². The number of hydrogen-bond donors (Lipinski definition) is 2. The highest BCUT2D eigenvalue weighted by atomic mass is 16.1. The van der Waals surface area contributed by atoms with Gasteiger partial charge in [0.05, 0.1) is 0 Å². The van der Waals surface area contributed by atoms with Crippen molar-refractivity contribution in [3.05, 3.63) is 30.2 Å². The molecular formula is C11H15N5O. The standard InChI is InChI=1S/C11H15N5O/c12-6-4-11(17)13-7-5-10-15-14-9-3-1-2-8-16(9)10/h1-3,8H,4-7,12H2,(H,13,17). The molecule has 0 bridgehead atoms. The van der Waals surface area contributed by atoms with Crippen molar-refractivity contribution < 1.29 is 4.79 Å². The summed E-state index contributed by atoms with van der Waals surface area (Å²) in [7, 11) is 0. The molecule has 6 nitrogen and oxygen atoms in total. The van der Waals surface area contributed by atoms with Crippen LogP contribution in [-0.2, 0) is 11.2 Å². The first kappa shape index (κ1) is 11.5. The molecule has 0 aliphatic carbocycles. The summed E-state index contributed by atoms with van der Waals surface area (Å²) in [5.74, 6) is 0.815. The number of fused-ring (bicyclic) bond motifs is 1. The summed E-state index contributed by atoms with van der Waals surface area (Å²) in [5, 5.41) is 10.9. The Morgan fingerprint density at radius 3 is 3.12 bits per heavy atom. The second kappa shape index (κ2) is 5.40. The largest absolute Gasteiger partial charge is 0.356 e. The molecule has 0 radical (unpaired) electrons. The first-order valence-electron chi connectivity index (χ1n) is 5.56. The molecule has 90 valence electrons. The fourth-order valence-electron chi connectivity index (χ4n) is 1.59. The molecule has 0 atom stereocenters. The molecule has 3 N–H and O–H groups in total. The molecule has 1 amide bonds. The molecule has 6 heteroatoms. The first-order chi connectivity index (χ1) is 8.31. The van der Waals surface area contributed by atoms with Crippen molar-refractivity contribution in [2.45, 2.75) is 12.8 Å². The Morgan fingerprint density at radius 2 is 2.29 bits per heavy atom. The van der Waals surface area contributed by atoms with Crippen molar-refractivity contribution in [2.75, 3.05) is 13.1 Å². The summed E-state index contributed by atoms with van der Waals surface area (Å²) in [6, 6.07) is 5.73. The van der Waals surface area contributed by atoms with Crippen molar-refractivity contribution >= 4 is 11.6 Å². The van der Waals surface area contributed by atoms with Crippen LogP contribution in [0.4, 0.5) is 0 Å². The third kappa shape index (κ3) is 2.79. The number of carbonyl (C=O) groups excluding carboxylic acids is 1. The van der Waals surface area contributed by atoms with Gasteiger partial charge in [0.2, 0.25) is 5.91 Å². The number of nitrogens with zero attached hydrogens (tertiary/aromatic N) is 3. The summed E-state index contributed by atoms with van der Waals surface area (Å²) in [6.07, 6.45) is 2.93. The fourth-order valence-corrected chi connectivity index (χ4v) is 1.59. The highest BCUT2D eigenvalue weighted by Gasteiger charge is 2.05. The highest BCUT2D eigenvalue weighted by molar-refractivity contribution is 5.75. The van der Waals surface area contributed by atoms with Crippen LogP contribution in [0.2, 0.25) is 0 Å². The lowest BCUT2D eigenvalue weighted by atomic mass is 10.3. The van der Waals surface area contributed by atoms with E-state index in [1.54, 1.807) is 0 Å². The van der Waals surface area contributed by atoms with Gasteiger partial charge >= 0.3 is 0 Å². The van der Waals surface area contributed by atoms with E-state index in [0.717, 1.165) is 11.5 Å². The second-order valence-corrected chi connectivity index (χ2v) is 3.68. The molecule has 0 aliphatic heterocycles. The molecular weight excluding hydrogens is 218 g/mol. The molecule has 0 aliphatic rings. The van der Waals surface area contributed by atoms with E-state index in [9.17, 15) is 4.79 Å². The molecule has 17 heavy (non-hydrogen) atoms. The Bertz CT molecular complexity index is 507. The van der Waals surface area contributed by atoms with E-state index in [1.165, 1.54) is 0 Å². The van der Waals surface area contributed by atoms with Crippen molar-refractivity contribution in [2.24, 2.45) is 5.73 Å². The van der Waals surface area contributed by atoms with E-state index in [2.05, 4.69) is 15.5 Å². The number of carbonyl (C=O) groups is 1. The maximum Gasteiger partial charge on any atom is 0.221 e. The van der Waals surface area contributed by atoms with E-state index in [4.69, 9.17) is 5.73 Å². The zero-order valence-electron chi connectivity index (χ0n) is 9.47. The van der Waals surface area contributed by atoms with Crippen molar-refractivity contribution in [3.8, 4) is 0 Å². The summed E-state index contributed by atoms with van der Waals surface area (Å²) < 4.78 is 1.91. The number of aromatic nitrogens is 3. The number of amides is 1. The molecule has 0 aromatic carbocycles. The fraction of sp³-hybridized carbons (Fsp3) is 0.364. The minimum atomic E-state index is -0.0266. The van der Waals surface area contributed by atoms with Crippen molar-refractivity contribution in [1.29, 1.82) is 0 Å². The predicted octanol–water partition coefficient (Wildman–Crippen LogP) is -0.263. The summed E-state index contributed by atoms with van der Waals surface area (Å²) in [6.45, 7) is 0.925. The summed E-state index contributed by atoms with van der Waals surface area (Å²) in [5.41, 5.74) is 6.10. The van der Waals surface area contributed by atoms with Crippen LogP contribution in [0.25, 0.3) is 5.65 Å². The minimum absolute atomic E-state index is 0.0266. The highest BCUT2D eigenvalue weighted by Crippen LogP contribution is 2.02. The van der Waals surface area contributed by atoms with Crippen LogP contribution in [0.3, 0.4) is 0 Å². The van der Waals surface area contributed by atoms with Crippen LogP contribution in [0.15, 0.2) is 24.4 Å². The van der Waals surface area contributed by atoms with Gasteiger partial charge in [0.1, 0.15) is 5.82 Å². The lowest BCUT2D eigenvalue weighted by Gasteiger charge is -2.03. The average molecular weight is 233 g/mol. The molecule has 2 aromatic heterocycles. The van der Waals surface area contributed by atoms with Crippen LogP contribution in [0, 0.1) is 0 Å². The normalized spacial score (nSPS) is 10.6. The lowest BCUT2D eigenvalue weighted by molar-refractivity contribution is -0.120. The second-order valence-electron chi connectivity index (χ2n) is 3.68. The number of pyridine rings is 1. The number of hydrogen-bond acceptors (Lipinski definition) is 4. The third-order valence-electron chi connectivity index (χ3n) is 2.43. The van der Waals surface area contributed by atoms with Gasteiger partial charge in [0.25, 0.3) is 0 Å². The zero-order valence-corrected chi connectivity index (χ0v) is 9.47. The van der Waals surface area contributed by atoms with E-state index in [0.29, 0.717) is 25.9 Å². The number of rotatable bonds is 5. The topological polar surface area (TPSA) is 85.3 Å². The van der Waals surface area contributed by atoms with Gasteiger partial charge in [-0.25, -0.2) is 0 Å². The minimum Gasteiger partial charge on any atom is -0.356 e. The van der Waals surface area contributed by atoms with Crippen LogP contribution in [0.1, 0.15) is 12.2 Å². The SMILES string of the molecule is NCCC(=O)NCCc1nnc2ccccn12. The Kier molecular flexibility index (Phi) is 3.66. The maximum absolute atomic E-state index is 11.2. The summed E-state index contributed by atoms with van der Waals surface area (Å²) in [4.78, 5) is 11.2. The van der Waals surface area contributed by atoms with Crippen molar-refractivity contribution in [3.63, 3.8) is 0 Å². The van der Waals surface area contributed by atoms with Gasteiger partial charge in [-0.3, -0.25) is 9.20 Å². The van der Waals surface area contributed by atoms with Gasteiger partial charge in [0, 0.05) is 32.1 Å². The molecule has 2 rings (SSSR count). The Labute approximate surface area is 98.8 Å². The van der Waals surface area contributed by atoms with E-state index in [1.807, 2.05) is 28.8 Å². The Balaban J connectivity index is 1.93. The van der Waals surface area contributed by atoms with Crippen LogP contribution >= 0.6 is 0 Å². The van der Waals surface area contributed by atoms with Crippen LogP contribution in [0.5, 0.6) is 0 Å². The molecule has 0 spiro atoms. The van der Waals surface area contributed by atoms with Gasteiger partial charge in [-0.15, -0.1) is 10.2 Å². The number of nitrogens with one attached hydrogen (secondary N) is 1.